The van der Waals surface area contributed by atoms with Gasteiger partial charge in [0.15, 0.2) is 0 Å². The average Bonchev–Trinajstić information content (AvgIpc) is 2.02. The van der Waals surface area contributed by atoms with Crippen LogP contribution < -0.4 is 0 Å². The molecule has 0 aromatic heterocycles. The molecule has 1 aliphatic heterocycles. The monoisotopic (exact) mass is 156 g/mol. The molecule has 11 heavy (non-hydrogen) atoms. The lowest BCUT2D eigenvalue weighted by Gasteiger charge is -2.47. The van der Waals surface area contributed by atoms with Crippen LogP contribution in [0.5, 0.6) is 0 Å². The highest BCUT2D eigenvalue weighted by Crippen LogP contribution is 2.49. The van der Waals surface area contributed by atoms with E-state index in [-0.39, 0.29) is 12.7 Å². The fourth-order valence-corrected chi connectivity index (χ4v) is 2.33. The van der Waals surface area contributed by atoms with E-state index in [4.69, 9.17) is 9.84 Å². The van der Waals surface area contributed by atoms with Gasteiger partial charge in [-0.3, -0.25) is 0 Å². The maximum atomic E-state index is 8.92. The molecule has 1 saturated carbocycles. The Morgan fingerprint density at radius 3 is 2.73 bits per heavy atom. The Labute approximate surface area is 67.6 Å². The summed E-state index contributed by atoms with van der Waals surface area (Å²) in [6.07, 6.45) is 6.59. The second kappa shape index (κ2) is 2.76. The molecule has 2 fully saturated rings. The standard InChI is InChI=1S/C9H16O2/c10-7-8-6-9(2-1-3-9)4-5-11-8/h8,10H,1-7H2. The molecule has 0 aromatic carbocycles. The van der Waals surface area contributed by atoms with E-state index in [1.165, 1.54) is 25.7 Å². The SMILES string of the molecule is OCC1CC2(CCC2)CCO1. The first-order valence-electron chi connectivity index (χ1n) is 4.57. The molecule has 2 aliphatic rings. The zero-order valence-corrected chi connectivity index (χ0v) is 6.88. The van der Waals surface area contributed by atoms with E-state index in [9.17, 15) is 0 Å². The number of aliphatic hydroxyl groups is 1. The summed E-state index contributed by atoms with van der Waals surface area (Å²) in [7, 11) is 0. The fourth-order valence-electron chi connectivity index (χ4n) is 2.33. The minimum absolute atomic E-state index is 0.143. The van der Waals surface area contributed by atoms with Crippen LogP contribution in [0.25, 0.3) is 0 Å². The van der Waals surface area contributed by atoms with Gasteiger partial charge in [0.2, 0.25) is 0 Å². The number of aliphatic hydroxyl groups excluding tert-OH is 1. The summed E-state index contributed by atoms with van der Waals surface area (Å²) in [6, 6.07) is 0. The molecule has 1 atom stereocenters. The molecule has 1 saturated heterocycles. The molecular weight excluding hydrogens is 140 g/mol. The molecule has 64 valence electrons. The number of hydrogen-bond donors (Lipinski definition) is 1. The Bertz CT molecular complexity index is 140. The van der Waals surface area contributed by atoms with Gasteiger partial charge in [0.05, 0.1) is 12.7 Å². The van der Waals surface area contributed by atoms with Gasteiger partial charge >= 0.3 is 0 Å². The molecule has 1 unspecified atom stereocenters. The van der Waals surface area contributed by atoms with E-state index in [2.05, 4.69) is 0 Å². The van der Waals surface area contributed by atoms with Crippen molar-refractivity contribution >= 4 is 0 Å². The number of rotatable bonds is 1. The van der Waals surface area contributed by atoms with Crippen molar-refractivity contribution in [2.45, 2.75) is 38.2 Å². The fraction of sp³-hybridized carbons (Fsp3) is 1.00. The molecule has 0 radical (unpaired) electrons. The third-order valence-electron chi connectivity index (χ3n) is 3.26. The normalized spacial score (nSPS) is 35.2. The van der Waals surface area contributed by atoms with Crippen molar-refractivity contribution in [1.82, 2.24) is 0 Å². The second-order valence-corrected chi connectivity index (χ2v) is 3.98. The molecule has 0 amide bonds. The maximum absolute atomic E-state index is 8.92. The third-order valence-corrected chi connectivity index (χ3v) is 3.26. The second-order valence-electron chi connectivity index (χ2n) is 3.98. The molecule has 1 aliphatic carbocycles. The van der Waals surface area contributed by atoms with Crippen LogP contribution in [0.15, 0.2) is 0 Å². The van der Waals surface area contributed by atoms with Crippen LogP contribution in [0, 0.1) is 5.41 Å². The van der Waals surface area contributed by atoms with Gasteiger partial charge in [0.1, 0.15) is 0 Å². The first-order valence-corrected chi connectivity index (χ1v) is 4.57. The summed E-state index contributed by atoms with van der Waals surface area (Å²) in [5, 5.41) is 8.92. The highest BCUT2D eigenvalue weighted by Gasteiger charge is 2.41. The Kier molecular flexibility index (Phi) is 1.90. The molecule has 0 bridgehead atoms. The van der Waals surface area contributed by atoms with E-state index in [1.807, 2.05) is 0 Å². The van der Waals surface area contributed by atoms with Crippen LogP contribution in [-0.2, 0) is 4.74 Å². The lowest BCUT2D eigenvalue weighted by molar-refractivity contribution is -0.0966. The highest BCUT2D eigenvalue weighted by atomic mass is 16.5. The van der Waals surface area contributed by atoms with Crippen LogP contribution >= 0.6 is 0 Å². The Morgan fingerprint density at radius 2 is 2.18 bits per heavy atom. The Hall–Kier alpha value is -0.0800. The minimum Gasteiger partial charge on any atom is -0.394 e. The van der Waals surface area contributed by atoms with E-state index in [1.54, 1.807) is 0 Å². The van der Waals surface area contributed by atoms with Crippen LogP contribution in [0.2, 0.25) is 0 Å². The predicted molar refractivity (Wildman–Crippen MR) is 42.3 cm³/mol. The molecule has 0 aromatic rings. The van der Waals surface area contributed by atoms with Crippen molar-refractivity contribution in [3.63, 3.8) is 0 Å². The maximum Gasteiger partial charge on any atom is 0.0811 e. The zero-order valence-electron chi connectivity index (χ0n) is 6.88. The summed E-state index contributed by atoms with van der Waals surface area (Å²) < 4.78 is 5.41. The molecule has 1 spiro atoms. The highest BCUT2D eigenvalue weighted by molar-refractivity contribution is 4.91. The van der Waals surface area contributed by atoms with Crippen LogP contribution in [0.3, 0.4) is 0 Å². The molecular formula is C9H16O2. The van der Waals surface area contributed by atoms with Gasteiger partial charge in [0.25, 0.3) is 0 Å². The zero-order chi connectivity index (χ0) is 7.73. The summed E-state index contributed by atoms with van der Waals surface area (Å²) in [4.78, 5) is 0. The summed E-state index contributed by atoms with van der Waals surface area (Å²) >= 11 is 0. The van der Waals surface area contributed by atoms with Gasteiger partial charge < -0.3 is 9.84 Å². The predicted octanol–water partition coefficient (Wildman–Crippen LogP) is 1.33. The molecule has 1 N–H and O–H groups in total. The van der Waals surface area contributed by atoms with Crippen LogP contribution in [-0.4, -0.2) is 24.4 Å². The first-order chi connectivity index (χ1) is 5.35. The molecule has 2 nitrogen and oxygen atoms in total. The van der Waals surface area contributed by atoms with Gasteiger partial charge in [-0.15, -0.1) is 0 Å². The molecule has 1 heterocycles. The van der Waals surface area contributed by atoms with Crippen molar-refractivity contribution in [2.24, 2.45) is 5.41 Å². The van der Waals surface area contributed by atoms with Gasteiger partial charge in [-0.25, -0.2) is 0 Å². The smallest absolute Gasteiger partial charge is 0.0811 e. The lowest BCUT2D eigenvalue weighted by atomic mass is 9.63. The average molecular weight is 156 g/mol. The minimum atomic E-state index is 0.143. The van der Waals surface area contributed by atoms with E-state index in [0.717, 1.165) is 13.0 Å². The van der Waals surface area contributed by atoms with E-state index < -0.39 is 0 Å². The topological polar surface area (TPSA) is 29.5 Å². The van der Waals surface area contributed by atoms with Gasteiger partial charge in [0, 0.05) is 6.61 Å². The first kappa shape index (κ1) is 7.56. The molecule has 2 rings (SSSR count). The van der Waals surface area contributed by atoms with E-state index in [0.29, 0.717) is 5.41 Å². The largest absolute Gasteiger partial charge is 0.394 e. The van der Waals surface area contributed by atoms with E-state index >= 15 is 0 Å². The summed E-state index contributed by atoms with van der Waals surface area (Å²) in [5.74, 6) is 0. The number of hydrogen-bond acceptors (Lipinski definition) is 2. The Balaban J connectivity index is 1.92. The number of ether oxygens (including phenoxy) is 1. The van der Waals surface area contributed by atoms with Gasteiger partial charge in [-0.2, -0.15) is 0 Å². The summed E-state index contributed by atoms with van der Waals surface area (Å²) in [5.41, 5.74) is 0.589. The Morgan fingerprint density at radius 1 is 1.36 bits per heavy atom. The lowest BCUT2D eigenvalue weighted by Crippen LogP contribution is -2.41. The van der Waals surface area contributed by atoms with Crippen LogP contribution in [0.1, 0.15) is 32.1 Å². The van der Waals surface area contributed by atoms with Crippen molar-refractivity contribution in [3.05, 3.63) is 0 Å². The van der Waals surface area contributed by atoms with Crippen molar-refractivity contribution in [1.29, 1.82) is 0 Å². The van der Waals surface area contributed by atoms with Gasteiger partial charge in [-0.05, 0) is 31.1 Å². The summed E-state index contributed by atoms with van der Waals surface area (Å²) in [6.45, 7) is 1.08. The quantitative estimate of drug-likeness (QED) is 0.620. The van der Waals surface area contributed by atoms with Crippen LogP contribution in [0.4, 0.5) is 0 Å². The third kappa shape index (κ3) is 1.30. The van der Waals surface area contributed by atoms with Gasteiger partial charge in [-0.1, -0.05) is 6.42 Å². The van der Waals surface area contributed by atoms with Crippen molar-refractivity contribution < 1.29 is 9.84 Å². The van der Waals surface area contributed by atoms with Crippen molar-refractivity contribution in [2.75, 3.05) is 13.2 Å². The molecule has 2 heteroatoms. The van der Waals surface area contributed by atoms with Crippen molar-refractivity contribution in [3.8, 4) is 0 Å².